The molecule has 0 aromatic heterocycles. The maximum absolute atomic E-state index is 14.0. The van der Waals surface area contributed by atoms with Gasteiger partial charge < -0.3 is 80.8 Å². The molecule has 0 radical (unpaired) electrons. The Kier molecular flexibility index (Phi) is 25.2. The van der Waals surface area contributed by atoms with Gasteiger partial charge in [-0.2, -0.15) is 0 Å². The molecule has 0 aliphatic carbocycles. The molecule has 1 heterocycles. The van der Waals surface area contributed by atoms with Gasteiger partial charge in [0.15, 0.2) is 5.96 Å². The Balaban J connectivity index is 4.04. The Morgan fingerprint density at radius 2 is 0.955 bits per heavy atom. The number of nitrogens with zero attached hydrogens (tertiary/aromatic N) is 1. The van der Waals surface area contributed by atoms with Gasteiger partial charge in [0.25, 0.3) is 0 Å². The monoisotopic (exact) mass is 941 g/mol. The van der Waals surface area contributed by atoms with Gasteiger partial charge in [-0.05, 0) is 56.9 Å². The fourth-order valence-electron chi connectivity index (χ4n) is 6.46. The van der Waals surface area contributed by atoms with Crippen LogP contribution >= 0.6 is 0 Å². The number of aliphatic hydroxyl groups is 1. The molecule has 19 N–H and O–H groups in total. The lowest BCUT2D eigenvalue weighted by Gasteiger charge is -2.30. The van der Waals surface area contributed by atoms with E-state index in [-0.39, 0.29) is 63.5 Å². The van der Waals surface area contributed by atoms with Crippen LogP contribution in [0, 0.1) is 11.8 Å². The smallest absolute Gasteiger partial charge is 0.305 e. The maximum atomic E-state index is 14.0. The number of unbranched alkanes of at least 4 members (excludes halogenated alkanes) is 1. The fraction of sp³-hybridized carbons (Fsp3) is 0.692. The van der Waals surface area contributed by atoms with E-state index in [9.17, 15) is 68.1 Å². The van der Waals surface area contributed by atoms with Gasteiger partial charge in [-0.3, -0.25) is 57.7 Å². The molecule has 1 fully saturated rings. The number of hydrogen-bond donors (Lipinski definition) is 15. The van der Waals surface area contributed by atoms with Crippen LogP contribution in [0.25, 0.3) is 0 Å². The van der Waals surface area contributed by atoms with E-state index in [0.29, 0.717) is 6.42 Å². The molecular weight excluding hydrogens is 875 g/mol. The topological polar surface area (TPSA) is 461 Å². The van der Waals surface area contributed by atoms with Crippen LogP contribution in [0.15, 0.2) is 4.99 Å². The number of nitrogens with one attached hydrogen (secondary N) is 8. The third kappa shape index (κ3) is 20.9. The second kappa shape index (κ2) is 29.0. The van der Waals surface area contributed by atoms with Gasteiger partial charge in [0.2, 0.25) is 53.2 Å². The van der Waals surface area contributed by atoms with E-state index in [4.69, 9.17) is 22.9 Å². The number of amides is 9. The summed E-state index contributed by atoms with van der Waals surface area (Å²) >= 11 is 0. The first kappa shape index (κ1) is 57.4. The van der Waals surface area contributed by atoms with E-state index in [1.807, 2.05) is 0 Å². The van der Waals surface area contributed by atoms with E-state index in [2.05, 4.69) is 47.5 Å². The van der Waals surface area contributed by atoms with Crippen molar-refractivity contribution in [3.63, 3.8) is 0 Å². The van der Waals surface area contributed by atoms with Gasteiger partial charge in [-0.25, -0.2) is 0 Å². The van der Waals surface area contributed by atoms with Gasteiger partial charge in [-0.1, -0.05) is 34.1 Å². The average Bonchev–Trinajstić information content (AvgIpc) is 3.22. The van der Waals surface area contributed by atoms with Crippen molar-refractivity contribution in [2.24, 2.45) is 39.8 Å². The van der Waals surface area contributed by atoms with Crippen molar-refractivity contribution in [1.82, 2.24) is 42.5 Å². The summed E-state index contributed by atoms with van der Waals surface area (Å²) in [4.78, 5) is 150. The molecule has 1 aliphatic rings. The number of primary amides is 1. The largest absolute Gasteiger partial charge is 0.481 e. The minimum Gasteiger partial charge on any atom is -0.481 e. The number of carbonyl (C=O) groups excluding carboxylic acids is 9. The first-order chi connectivity index (χ1) is 30.9. The Bertz CT molecular complexity index is 1780. The number of rotatable bonds is 19. The zero-order valence-corrected chi connectivity index (χ0v) is 37.6. The van der Waals surface area contributed by atoms with Crippen molar-refractivity contribution in [3.8, 4) is 0 Å². The number of aliphatic imine (C=N–C) groups is 1. The number of nitrogens with two attached hydrogens (primary N) is 4. The summed E-state index contributed by atoms with van der Waals surface area (Å²) in [6.07, 6.45) is -2.54. The highest BCUT2D eigenvalue weighted by Gasteiger charge is 2.38. The second-order valence-corrected chi connectivity index (χ2v) is 16.2. The first-order valence-electron chi connectivity index (χ1n) is 21.4. The Hall–Kier alpha value is -6.64. The van der Waals surface area contributed by atoms with Crippen LogP contribution < -0.4 is 65.5 Å². The highest BCUT2D eigenvalue weighted by atomic mass is 16.4. The molecule has 0 spiro atoms. The highest BCUT2D eigenvalue weighted by Crippen LogP contribution is 2.13. The fourth-order valence-corrected chi connectivity index (χ4v) is 6.46. The molecule has 1 aliphatic heterocycles. The van der Waals surface area contributed by atoms with Crippen molar-refractivity contribution < 1.29 is 68.1 Å². The molecular formula is C39H67N13O14. The number of carboxylic acid groups (broad SMARTS) is 2. The zero-order valence-electron chi connectivity index (χ0n) is 37.6. The van der Waals surface area contributed by atoms with Crippen LogP contribution in [0.2, 0.25) is 0 Å². The van der Waals surface area contributed by atoms with Gasteiger partial charge in [0.1, 0.15) is 48.3 Å². The third-order valence-electron chi connectivity index (χ3n) is 10.2. The van der Waals surface area contributed by atoms with E-state index < -0.39 is 145 Å². The summed E-state index contributed by atoms with van der Waals surface area (Å²) < 4.78 is 0. The van der Waals surface area contributed by atoms with Gasteiger partial charge >= 0.3 is 11.9 Å². The number of carboxylic acids is 2. The Labute approximate surface area is 380 Å². The molecule has 372 valence electrons. The highest BCUT2D eigenvalue weighted by molar-refractivity contribution is 6.00. The van der Waals surface area contributed by atoms with Gasteiger partial charge in [-0.15, -0.1) is 0 Å². The predicted molar refractivity (Wildman–Crippen MR) is 233 cm³/mol. The van der Waals surface area contributed by atoms with Crippen LogP contribution in [-0.2, 0) is 52.7 Å². The number of guanidine groups is 1. The number of hydrogen-bond acceptors (Lipinski definition) is 14. The van der Waals surface area contributed by atoms with Gasteiger partial charge in [0, 0.05) is 6.54 Å². The quantitative estimate of drug-likeness (QED) is 0.0326. The van der Waals surface area contributed by atoms with Crippen molar-refractivity contribution >= 4 is 71.1 Å². The van der Waals surface area contributed by atoms with Crippen LogP contribution in [-0.4, -0.2) is 154 Å². The Morgan fingerprint density at radius 3 is 1.39 bits per heavy atom. The van der Waals surface area contributed by atoms with Crippen LogP contribution in [0.4, 0.5) is 0 Å². The van der Waals surface area contributed by atoms with E-state index in [1.165, 1.54) is 0 Å². The molecule has 1 rings (SSSR count). The molecule has 27 heteroatoms. The molecule has 0 aromatic rings. The SMILES string of the molecule is CC[C@H](C)[C@@H]1NC(=O)[C@H](CCCCN)NC(=O)[C@H](CCCN=C(N)N)NC(=O)[C@H](CO)NC(=O)[C@H](CC(=O)O)NC(=O)[C@H](CC(C)C)NC(=O)[C@H](CC(N)=O)NC(=O)[C@H](CC(=O)O)NC1=O. The molecule has 0 aromatic carbocycles. The van der Waals surface area contributed by atoms with Crippen LogP contribution in [0.3, 0.4) is 0 Å². The summed E-state index contributed by atoms with van der Waals surface area (Å²) in [6, 6.07) is -13.6. The molecule has 0 unspecified atom stereocenters. The van der Waals surface area contributed by atoms with Crippen LogP contribution in [0.5, 0.6) is 0 Å². The summed E-state index contributed by atoms with van der Waals surface area (Å²) in [6.45, 7) is 5.55. The lowest BCUT2D eigenvalue weighted by Crippen LogP contribution is -2.62. The normalized spacial score (nSPS) is 25.0. The van der Waals surface area contributed by atoms with Crippen molar-refractivity contribution in [2.45, 2.75) is 140 Å². The summed E-state index contributed by atoms with van der Waals surface area (Å²) in [5.74, 6) is -14.7. The van der Waals surface area contributed by atoms with Gasteiger partial charge in [0.05, 0.1) is 25.9 Å². The van der Waals surface area contributed by atoms with Crippen molar-refractivity contribution in [1.29, 1.82) is 0 Å². The first-order valence-corrected chi connectivity index (χ1v) is 21.4. The van der Waals surface area contributed by atoms with E-state index in [1.54, 1.807) is 27.7 Å². The minimum absolute atomic E-state index is 0.0320. The van der Waals surface area contributed by atoms with Crippen molar-refractivity contribution in [3.05, 3.63) is 0 Å². The standard InChI is InChI=1S/C39H67N13O14/c1-5-19(4)30-38(66)50-25(16-29(57)58)35(63)48-23(14-27(41)54)34(62)47-22(13-18(2)3)33(61)49-24(15-28(55)56)36(64)51-26(17-53)37(65)46-21(10-8-12-44-39(42)43)31(59)45-20(32(60)52-30)9-6-7-11-40/h18-26,30,53H,5-17,40H2,1-4H3,(H2,41,54)(H,45,59)(H,46,65)(H,47,62)(H,48,63)(H,49,61)(H,50,66)(H,51,64)(H,52,60)(H,55,56)(H,57,58)(H4,42,43,44)/t19-,20-,21-,22-,23-,24-,25-,26-,30-/m0/s1. The molecule has 27 nitrogen and oxygen atoms in total. The number of aliphatic hydroxyl groups excluding tert-OH is 1. The molecule has 0 bridgehead atoms. The van der Waals surface area contributed by atoms with Crippen LogP contribution in [0.1, 0.15) is 91.9 Å². The zero-order chi connectivity index (χ0) is 50.3. The molecule has 9 atom stereocenters. The number of aliphatic carboxylic acids is 2. The third-order valence-corrected chi connectivity index (χ3v) is 10.2. The Morgan fingerprint density at radius 1 is 0.561 bits per heavy atom. The van der Waals surface area contributed by atoms with Crippen molar-refractivity contribution in [2.75, 3.05) is 19.7 Å². The maximum Gasteiger partial charge on any atom is 0.305 e. The molecule has 0 saturated carbocycles. The summed E-state index contributed by atoms with van der Waals surface area (Å²) in [5, 5.41) is 48.2. The summed E-state index contributed by atoms with van der Waals surface area (Å²) in [5.41, 5.74) is 21.9. The van der Waals surface area contributed by atoms with E-state index >= 15 is 0 Å². The minimum atomic E-state index is -1.96. The lowest BCUT2D eigenvalue weighted by atomic mass is 9.96. The number of carbonyl (C=O) groups is 11. The predicted octanol–water partition coefficient (Wildman–Crippen LogP) is -6.03. The molecule has 9 amide bonds. The second-order valence-electron chi connectivity index (χ2n) is 16.2. The summed E-state index contributed by atoms with van der Waals surface area (Å²) in [7, 11) is 0. The lowest BCUT2D eigenvalue weighted by molar-refractivity contribution is -0.143. The average molecular weight is 942 g/mol. The molecule has 1 saturated heterocycles. The van der Waals surface area contributed by atoms with E-state index in [0.717, 1.165) is 0 Å². The molecule has 66 heavy (non-hydrogen) atoms.